The molecule has 0 spiro atoms. The summed E-state index contributed by atoms with van der Waals surface area (Å²) in [6.45, 7) is 4.09. The maximum absolute atomic E-state index is 11.3. The van der Waals surface area contributed by atoms with E-state index in [0.29, 0.717) is 0 Å². The highest BCUT2D eigenvalue weighted by Gasteiger charge is 2.27. The molecule has 0 radical (unpaired) electrons. The average Bonchev–Trinajstić information content (AvgIpc) is 2.27. The van der Waals surface area contributed by atoms with Crippen LogP contribution in [-0.2, 0) is 4.79 Å². The normalized spacial score (nSPS) is 12.8. The highest BCUT2D eigenvalue weighted by molar-refractivity contribution is 9.10. The van der Waals surface area contributed by atoms with E-state index in [9.17, 15) is 9.90 Å². The largest absolute Gasteiger partial charge is 0.481 e. The van der Waals surface area contributed by atoms with Crippen LogP contribution in [0.15, 0.2) is 28.7 Å². The molecule has 1 N–H and O–H groups in total. The summed E-state index contributed by atoms with van der Waals surface area (Å²) >= 11 is 3.36. The van der Waals surface area contributed by atoms with Gasteiger partial charge in [-0.05, 0) is 23.6 Å². The fraction of sp³-hybridized carbons (Fsp3) is 0.462. The number of halogens is 1. The fourth-order valence-corrected chi connectivity index (χ4v) is 2.31. The Labute approximate surface area is 105 Å². The van der Waals surface area contributed by atoms with Crippen LogP contribution in [0.1, 0.15) is 38.2 Å². The van der Waals surface area contributed by atoms with E-state index in [-0.39, 0.29) is 11.8 Å². The van der Waals surface area contributed by atoms with E-state index in [4.69, 9.17) is 0 Å². The number of hydrogen-bond donors (Lipinski definition) is 1. The summed E-state index contributed by atoms with van der Waals surface area (Å²) in [7, 11) is 0. The first-order valence-electron chi connectivity index (χ1n) is 5.58. The van der Waals surface area contributed by atoms with Crippen molar-refractivity contribution >= 4 is 21.9 Å². The molecule has 16 heavy (non-hydrogen) atoms. The van der Waals surface area contributed by atoms with Gasteiger partial charge in [-0.15, -0.1) is 0 Å². The quantitative estimate of drug-likeness (QED) is 0.886. The van der Waals surface area contributed by atoms with E-state index in [1.165, 1.54) is 0 Å². The molecule has 2 nitrogen and oxygen atoms in total. The lowest BCUT2D eigenvalue weighted by molar-refractivity contribution is -0.140. The van der Waals surface area contributed by atoms with Crippen LogP contribution >= 0.6 is 15.9 Å². The van der Waals surface area contributed by atoms with Crippen molar-refractivity contribution in [2.24, 2.45) is 5.92 Å². The number of benzene rings is 1. The lowest BCUT2D eigenvalue weighted by Gasteiger charge is -2.21. The molecule has 0 saturated heterocycles. The summed E-state index contributed by atoms with van der Waals surface area (Å²) < 4.78 is 0.977. The van der Waals surface area contributed by atoms with Crippen LogP contribution < -0.4 is 0 Å². The van der Waals surface area contributed by atoms with Gasteiger partial charge in [0.05, 0.1) is 5.92 Å². The van der Waals surface area contributed by atoms with Crippen molar-refractivity contribution in [2.75, 3.05) is 0 Å². The fourth-order valence-electron chi connectivity index (χ4n) is 2.05. The molecule has 1 aromatic rings. The van der Waals surface area contributed by atoms with Crippen LogP contribution in [-0.4, -0.2) is 11.1 Å². The third kappa shape index (κ3) is 3.08. The zero-order chi connectivity index (χ0) is 12.1. The summed E-state index contributed by atoms with van der Waals surface area (Å²) in [5.41, 5.74) is 0.893. The summed E-state index contributed by atoms with van der Waals surface area (Å²) in [4.78, 5) is 11.3. The Morgan fingerprint density at radius 1 is 1.25 bits per heavy atom. The lowest BCUT2D eigenvalue weighted by Crippen LogP contribution is -2.20. The first-order valence-corrected chi connectivity index (χ1v) is 6.37. The van der Waals surface area contributed by atoms with Gasteiger partial charge in [-0.1, -0.05) is 54.8 Å². The van der Waals surface area contributed by atoms with Crippen LogP contribution in [0.25, 0.3) is 0 Å². The molecule has 0 aliphatic heterocycles. The standard InChI is InChI=1S/C13H17BrO2/c1-3-9(4-2)12(13(15)16)10-5-7-11(14)8-6-10/h5-9,12H,3-4H2,1-2H3,(H,15,16). The van der Waals surface area contributed by atoms with Crippen molar-refractivity contribution in [1.29, 1.82) is 0 Å². The predicted molar refractivity (Wildman–Crippen MR) is 68.6 cm³/mol. The molecule has 1 rings (SSSR count). The monoisotopic (exact) mass is 284 g/mol. The minimum atomic E-state index is -0.726. The number of rotatable bonds is 5. The number of aliphatic carboxylic acids is 1. The molecule has 3 heteroatoms. The molecular formula is C13H17BrO2. The van der Waals surface area contributed by atoms with Crippen molar-refractivity contribution < 1.29 is 9.90 Å². The van der Waals surface area contributed by atoms with Gasteiger partial charge in [0.25, 0.3) is 0 Å². The molecule has 88 valence electrons. The maximum atomic E-state index is 11.3. The van der Waals surface area contributed by atoms with Gasteiger partial charge in [-0.25, -0.2) is 0 Å². The molecule has 0 aliphatic rings. The highest BCUT2D eigenvalue weighted by Crippen LogP contribution is 2.30. The molecule has 1 aromatic carbocycles. The van der Waals surface area contributed by atoms with Gasteiger partial charge in [0, 0.05) is 4.47 Å². The average molecular weight is 285 g/mol. The molecular weight excluding hydrogens is 268 g/mol. The smallest absolute Gasteiger partial charge is 0.311 e. The van der Waals surface area contributed by atoms with Gasteiger partial charge in [-0.3, -0.25) is 4.79 Å². The van der Waals surface area contributed by atoms with E-state index in [2.05, 4.69) is 15.9 Å². The second-order valence-electron chi connectivity index (χ2n) is 3.94. The third-order valence-electron chi connectivity index (χ3n) is 3.02. The highest BCUT2D eigenvalue weighted by atomic mass is 79.9. The van der Waals surface area contributed by atoms with Gasteiger partial charge in [0.2, 0.25) is 0 Å². The molecule has 1 atom stereocenters. The van der Waals surface area contributed by atoms with Crippen LogP contribution in [0.2, 0.25) is 0 Å². The number of carboxylic acids is 1. The van der Waals surface area contributed by atoms with Gasteiger partial charge in [-0.2, -0.15) is 0 Å². The molecule has 0 fully saturated rings. The van der Waals surface area contributed by atoms with E-state index >= 15 is 0 Å². The lowest BCUT2D eigenvalue weighted by atomic mass is 9.83. The van der Waals surface area contributed by atoms with Crippen molar-refractivity contribution in [2.45, 2.75) is 32.6 Å². The summed E-state index contributed by atoms with van der Waals surface area (Å²) in [5.74, 6) is -0.905. The molecule has 0 heterocycles. The molecule has 1 unspecified atom stereocenters. The number of carbonyl (C=O) groups is 1. The van der Waals surface area contributed by atoms with Crippen LogP contribution in [0, 0.1) is 5.92 Å². The van der Waals surface area contributed by atoms with Gasteiger partial charge in [0.1, 0.15) is 0 Å². The topological polar surface area (TPSA) is 37.3 Å². The molecule has 0 bridgehead atoms. The Morgan fingerprint density at radius 2 is 1.75 bits per heavy atom. The molecule has 0 aliphatic carbocycles. The number of carboxylic acid groups (broad SMARTS) is 1. The van der Waals surface area contributed by atoms with Gasteiger partial charge >= 0.3 is 5.97 Å². The summed E-state index contributed by atoms with van der Waals surface area (Å²) in [6.07, 6.45) is 1.78. The minimum absolute atomic E-state index is 0.207. The van der Waals surface area contributed by atoms with Gasteiger partial charge in [0.15, 0.2) is 0 Å². The van der Waals surface area contributed by atoms with Crippen LogP contribution in [0.3, 0.4) is 0 Å². The first-order chi connectivity index (χ1) is 7.60. The first kappa shape index (κ1) is 13.2. The van der Waals surface area contributed by atoms with Crippen molar-refractivity contribution in [3.05, 3.63) is 34.3 Å². The SMILES string of the molecule is CCC(CC)C(C(=O)O)c1ccc(Br)cc1. The Hall–Kier alpha value is -0.830. The number of hydrogen-bond acceptors (Lipinski definition) is 1. The molecule has 0 amide bonds. The van der Waals surface area contributed by atoms with Crippen LogP contribution in [0.4, 0.5) is 0 Å². The van der Waals surface area contributed by atoms with E-state index < -0.39 is 5.97 Å². The Morgan fingerprint density at radius 3 is 2.12 bits per heavy atom. The maximum Gasteiger partial charge on any atom is 0.311 e. The molecule has 0 saturated carbocycles. The van der Waals surface area contributed by atoms with E-state index in [1.54, 1.807) is 0 Å². The second kappa shape index (κ2) is 6.04. The zero-order valence-corrected chi connectivity index (χ0v) is 11.2. The Kier molecular flexibility index (Phi) is 5.00. The third-order valence-corrected chi connectivity index (χ3v) is 3.54. The second-order valence-corrected chi connectivity index (χ2v) is 4.86. The Balaban J connectivity index is 3.02. The van der Waals surface area contributed by atoms with E-state index in [0.717, 1.165) is 22.9 Å². The summed E-state index contributed by atoms with van der Waals surface area (Å²) in [6, 6.07) is 7.57. The van der Waals surface area contributed by atoms with Crippen molar-refractivity contribution in [1.82, 2.24) is 0 Å². The molecule has 0 aromatic heterocycles. The minimum Gasteiger partial charge on any atom is -0.481 e. The van der Waals surface area contributed by atoms with Crippen LogP contribution in [0.5, 0.6) is 0 Å². The summed E-state index contributed by atoms with van der Waals surface area (Å²) in [5, 5.41) is 9.32. The van der Waals surface area contributed by atoms with Crippen molar-refractivity contribution in [3.8, 4) is 0 Å². The van der Waals surface area contributed by atoms with E-state index in [1.807, 2.05) is 38.1 Å². The van der Waals surface area contributed by atoms with Gasteiger partial charge < -0.3 is 5.11 Å². The zero-order valence-electron chi connectivity index (χ0n) is 9.61. The predicted octanol–water partition coefficient (Wildman–Crippen LogP) is 4.05. The Bertz CT molecular complexity index is 341. The van der Waals surface area contributed by atoms with Crippen molar-refractivity contribution in [3.63, 3.8) is 0 Å².